The first kappa shape index (κ1) is 17.5. The third-order valence-electron chi connectivity index (χ3n) is 4.24. The molecule has 4 rings (SSSR count). The van der Waals surface area contributed by atoms with Gasteiger partial charge >= 0.3 is 0 Å². The van der Waals surface area contributed by atoms with Crippen LogP contribution in [0, 0.1) is 0 Å². The van der Waals surface area contributed by atoms with Gasteiger partial charge in [0.05, 0.1) is 19.0 Å². The van der Waals surface area contributed by atoms with Gasteiger partial charge in [-0.15, -0.1) is 0 Å². The van der Waals surface area contributed by atoms with E-state index < -0.39 is 0 Å². The molecule has 0 fully saturated rings. The van der Waals surface area contributed by atoms with Crippen LogP contribution in [0.15, 0.2) is 71.9 Å². The summed E-state index contributed by atoms with van der Waals surface area (Å²) in [5, 5.41) is 7.35. The number of para-hydroxylation sites is 1. The molecule has 0 saturated carbocycles. The smallest absolute Gasteiger partial charge is 0.264 e. The molecule has 0 bridgehead atoms. The number of nitrogens with zero attached hydrogens (tertiary/aromatic N) is 4. The molecular weight excluding hydrogens is 358 g/mol. The van der Waals surface area contributed by atoms with Crippen LogP contribution in [0.2, 0.25) is 0 Å². The molecule has 2 aromatic heterocycles. The molecular formula is C20H17N5O3. The van der Waals surface area contributed by atoms with Gasteiger partial charge in [-0.05, 0) is 36.4 Å². The first-order chi connectivity index (χ1) is 13.7. The van der Waals surface area contributed by atoms with Gasteiger partial charge in [-0.2, -0.15) is 5.10 Å². The molecule has 140 valence electrons. The lowest BCUT2D eigenvalue weighted by Gasteiger charge is -2.08. The molecule has 8 heteroatoms. The second-order valence-corrected chi connectivity index (χ2v) is 6.08. The SMILES string of the molecule is COc1ccc(NC(=O)Cn2cnc3c(cnn3-c3ccccc3)c2=O)cc1. The Balaban J connectivity index is 1.56. The van der Waals surface area contributed by atoms with Crippen LogP contribution in [-0.4, -0.2) is 32.3 Å². The Bertz CT molecular complexity index is 1180. The minimum Gasteiger partial charge on any atom is -0.497 e. The number of hydrogen-bond acceptors (Lipinski definition) is 5. The number of nitrogens with one attached hydrogen (secondary N) is 1. The Morgan fingerprint density at radius 2 is 1.86 bits per heavy atom. The van der Waals surface area contributed by atoms with Crippen molar-refractivity contribution in [2.24, 2.45) is 0 Å². The van der Waals surface area contributed by atoms with Gasteiger partial charge in [0.1, 0.15) is 24.0 Å². The summed E-state index contributed by atoms with van der Waals surface area (Å²) < 4.78 is 7.94. The first-order valence-corrected chi connectivity index (χ1v) is 8.58. The summed E-state index contributed by atoms with van der Waals surface area (Å²) in [6.07, 6.45) is 2.83. The Kier molecular flexibility index (Phi) is 4.59. The second-order valence-electron chi connectivity index (χ2n) is 6.08. The monoisotopic (exact) mass is 375 g/mol. The van der Waals surface area contributed by atoms with Gasteiger partial charge < -0.3 is 10.1 Å². The van der Waals surface area contributed by atoms with E-state index in [9.17, 15) is 9.59 Å². The van der Waals surface area contributed by atoms with E-state index in [0.29, 0.717) is 22.5 Å². The number of aromatic nitrogens is 4. The lowest BCUT2D eigenvalue weighted by Crippen LogP contribution is -2.27. The van der Waals surface area contributed by atoms with E-state index in [1.807, 2.05) is 30.3 Å². The molecule has 8 nitrogen and oxygen atoms in total. The maximum Gasteiger partial charge on any atom is 0.264 e. The number of carbonyl (C=O) groups is 1. The van der Waals surface area contributed by atoms with Crippen LogP contribution in [0.25, 0.3) is 16.7 Å². The molecule has 0 aliphatic carbocycles. The number of ether oxygens (including phenoxy) is 1. The fraction of sp³-hybridized carbons (Fsp3) is 0.100. The van der Waals surface area contributed by atoms with Gasteiger partial charge in [0.15, 0.2) is 5.65 Å². The highest BCUT2D eigenvalue weighted by Crippen LogP contribution is 2.15. The van der Waals surface area contributed by atoms with E-state index in [0.717, 1.165) is 5.69 Å². The van der Waals surface area contributed by atoms with Crippen molar-refractivity contribution in [1.29, 1.82) is 0 Å². The number of benzene rings is 2. The maximum atomic E-state index is 12.7. The van der Waals surface area contributed by atoms with E-state index >= 15 is 0 Å². The van der Waals surface area contributed by atoms with E-state index in [-0.39, 0.29) is 18.0 Å². The van der Waals surface area contributed by atoms with Crippen molar-refractivity contribution in [2.45, 2.75) is 6.54 Å². The number of anilines is 1. The largest absolute Gasteiger partial charge is 0.497 e. The Morgan fingerprint density at radius 1 is 1.11 bits per heavy atom. The predicted octanol–water partition coefficient (Wildman–Crippen LogP) is 2.23. The third kappa shape index (κ3) is 3.35. The molecule has 0 saturated heterocycles. The van der Waals surface area contributed by atoms with E-state index in [1.165, 1.54) is 17.1 Å². The number of amides is 1. The van der Waals surface area contributed by atoms with Gasteiger partial charge in [0, 0.05) is 5.69 Å². The molecule has 1 N–H and O–H groups in total. The molecule has 2 heterocycles. The van der Waals surface area contributed by atoms with Crippen molar-refractivity contribution < 1.29 is 9.53 Å². The quantitative estimate of drug-likeness (QED) is 0.578. The summed E-state index contributed by atoms with van der Waals surface area (Å²) in [5.74, 6) is 0.364. The topological polar surface area (TPSA) is 91.0 Å². The summed E-state index contributed by atoms with van der Waals surface area (Å²) in [5.41, 5.74) is 1.55. The lowest BCUT2D eigenvalue weighted by atomic mass is 10.3. The predicted molar refractivity (Wildman–Crippen MR) is 105 cm³/mol. The lowest BCUT2D eigenvalue weighted by molar-refractivity contribution is -0.116. The Hall–Kier alpha value is -3.94. The summed E-state index contributed by atoms with van der Waals surface area (Å²) in [7, 11) is 1.57. The van der Waals surface area contributed by atoms with Crippen LogP contribution in [0.4, 0.5) is 5.69 Å². The molecule has 0 aliphatic rings. The minimum absolute atomic E-state index is 0.148. The second kappa shape index (κ2) is 7.36. The van der Waals surface area contributed by atoms with Gasteiger partial charge in [-0.3, -0.25) is 14.2 Å². The molecule has 0 aliphatic heterocycles. The van der Waals surface area contributed by atoms with Crippen LogP contribution in [0.3, 0.4) is 0 Å². The summed E-state index contributed by atoms with van der Waals surface area (Å²) in [4.78, 5) is 29.3. The van der Waals surface area contributed by atoms with Gasteiger partial charge in [0.2, 0.25) is 5.91 Å². The molecule has 0 unspecified atom stereocenters. The van der Waals surface area contributed by atoms with Crippen LogP contribution in [0.1, 0.15) is 0 Å². The molecule has 2 aromatic carbocycles. The molecule has 1 amide bonds. The highest BCUT2D eigenvalue weighted by molar-refractivity contribution is 5.90. The number of methoxy groups -OCH3 is 1. The van der Waals surface area contributed by atoms with Crippen molar-refractivity contribution in [2.75, 3.05) is 12.4 Å². The van der Waals surface area contributed by atoms with E-state index in [4.69, 9.17) is 4.74 Å². The molecule has 4 aromatic rings. The summed E-state index contributed by atoms with van der Waals surface area (Å²) in [6, 6.07) is 16.4. The maximum absolute atomic E-state index is 12.7. The number of hydrogen-bond donors (Lipinski definition) is 1. The zero-order chi connectivity index (χ0) is 19.5. The van der Waals surface area contributed by atoms with Crippen molar-refractivity contribution >= 4 is 22.6 Å². The molecule has 28 heavy (non-hydrogen) atoms. The molecule has 0 spiro atoms. The van der Waals surface area contributed by atoms with E-state index in [1.54, 1.807) is 36.1 Å². The number of carbonyl (C=O) groups excluding carboxylic acids is 1. The van der Waals surface area contributed by atoms with Crippen molar-refractivity contribution in [3.63, 3.8) is 0 Å². The highest BCUT2D eigenvalue weighted by Gasteiger charge is 2.13. The highest BCUT2D eigenvalue weighted by atomic mass is 16.5. The molecule has 0 atom stereocenters. The Morgan fingerprint density at radius 3 is 2.57 bits per heavy atom. The zero-order valence-corrected chi connectivity index (χ0v) is 15.1. The number of rotatable bonds is 5. The summed E-state index contributed by atoms with van der Waals surface area (Å²) >= 11 is 0. The fourth-order valence-corrected chi connectivity index (χ4v) is 2.85. The van der Waals surface area contributed by atoms with Crippen molar-refractivity contribution in [1.82, 2.24) is 19.3 Å². The fourth-order valence-electron chi connectivity index (χ4n) is 2.85. The summed E-state index contributed by atoms with van der Waals surface area (Å²) in [6.45, 7) is -0.148. The van der Waals surface area contributed by atoms with Crippen LogP contribution >= 0.6 is 0 Å². The van der Waals surface area contributed by atoms with Gasteiger partial charge in [-0.1, -0.05) is 18.2 Å². The average Bonchev–Trinajstić information content (AvgIpc) is 3.16. The van der Waals surface area contributed by atoms with Gasteiger partial charge in [0.25, 0.3) is 5.56 Å². The van der Waals surface area contributed by atoms with E-state index in [2.05, 4.69) is 15.4 Å². The molecule has 0 radical (unpaired) electrons. The Labute approximate surface area is 160 Å². The third-order valence-corrected chi connectivity index (χ3v) is 4.24. The standard InChI is InChI=1S/C20H17N5O3/c1-28-16-9-7-14(8-10-16)23-18(26)12-24-13-21-19-17(20(24)27)11-22-25(19)15-5-3-2-4-6-15/h2-11,13H,12H2,1H3,(H,23,26). The average molecular weight is 375 g/mol. The first-order valence-electron chi connectivity index (χ1n) is 8.58. The minimum atomic E-state index is -0.330. The number of fused-ring (bicyclic) bond motifs is 1. The normalized spacial score (nSPS) is 10.8. The van der Waals surface area contributed by atoms with Crippen LogP contribution < -0.4 is 15.6 Å². The van der Waals surface area contributed by atoms with Crippen molar-refractivity contribution in [3.8, 4) is 11.4 Å². The zero-order valence-electron chi connectivity index (χ0n) is 15.1. The van der Waals surface area contributed by atoms with Crippen LogP contribution in [0.5, 0.6) is 5.75 Å². The van der Waals surface area contributed by atoms with Crippen LogP contribution in [-0.2, 0) is 11.3 Å². The van der Waals surface area contributed by atoms with Gasteiger partial charge in [-0.25, -0.2) is 9.67 Å². The van der Waals surface area contributed by atoms with Crippen molar-refractivity contribution in [3.05, 3.63) is 77.5 Å².